The second kappa shape index (κ2) is 10.0. The highest BCUT2D eigenvalue weighted by molar-refractivity contribution is 5.73. The van der Waals surface area contributed by atoms with E-state index in [-0.39, 0.29) is 6.61 Å². The molecular weight excluding hydrogens is 356 g/mol. The van der Waals surface area contributed by atoms with Crippen molar-refractivity contribution < 1.29 is 48.2 Å². The molecule has 3 N–H and O–H groups in total. The third-order valence-corrected chi connectivity index (χ3v) is 3.24. The first-order chi connectivity index (χ1) is 12.1. The summed E-state index contributed by atoms with van der Waals surface area (Å²) >= 11 is 0. The van der Waals surface area contributed by atoms with Crippen LogP contribution >= 0.6 is 0 Å². The van der Waals surface area contributed by atoms with Gasteiger partial charge in [0, 0.05) is 27.7 Å². The van der Waals surface area contributed by atoms with E-state index in [2.05, 4.69) is 5.32 Å². The Bertz CT molecular complexity index is 540. The van der Waals surface area contributed by atoms with Gasteiger partial charge in [0.2, 0.25) is 12.2 Å². The molecule has 1 amide bonds. The van der Waals surface area contributed by atoms with Gasteiger partial charge in [-0.1, -0.05) is 5.64 Å². The summed E-state index contributed by atoms with van der Waals surface area (Å²) in [5, 5.41) is 11.3. The number of amides is 1. The number of hydrogen-bond acceptors (Lipinski definition) is 11. The van der Waals surface area contributed by atoms with Gasteiger partial charge in [0.25, 0.3) is 0 Å². The van der Waals surface area contributed by atoms with Crippen molar-refractivity contribution in [1.29, 1.82) is 0 Å². The first kappa shape index (κ1) is 21.8. The van der Waals surface area contributed by atoms with Crippen LogP contribution in [-0.2, 0) is 43.0 Å². The average Bonchev–Trinajstić information content (AvgIpc) is 2.50. The summed E-state index contributed by atoms with van der Waals surface area (Å²) in [6.45, 7) is 4.24. The van der Waals surface area contributed by atoms with Crippen molar-refractivity contribution in [3.05, 3.63) is 0 Å². The van der Waals surface area contributed by atoms with Crippen LogP contribution in [0.25, 0.3) is 0 Å². The third-order valence-electron chi connectivity index (χ3n) is 3.24. The minimum absolute atomic E-state index is 0.358. The van der Waals surface area contributed by atoms with Gasteiger partial charge in [-0.3, -0.25) is 24.4 Å². The normalized spacial score (nSPS) is 28.0. The molecule has 0 radical (unpaired) electrons. The summed E-state index contributed by atoms with van der Waals surface area (Å²) in [7, 11) is 0. The van der Waals surface area contributed by atoms with Crippen LogP contribution in [0.2, 0.25) is 0 Å². The van der Waals surface area contributed by atoms with E-state index in [0.717, 1.165) is 20.8 Å². The molecule has 12 heteroatoms. The second-order valence-electron chi connectivity index (χ2n) is 5.43. The smallest absolute Gasteiger partial charge is 0.303 e. The van der Waals surface area contributed by atoms with Gasteiger partial charge in [-0.15, -0.1) is 0 Å². The zero-order chi connectivity index (χ0) is 19.9. The molecule has 1 aliphatic heterocycles. The van der Waals surface area contributed by atoms with E-state index < -0.39 is 54.5 Å². The molecule has 1 aliphatic rings. The summed E-state index contributed by atoms with van der Waals surface area (Å²) < 4.78 is 20.7. The molecule has 0 aromatic heterocycles. The van der Waals surface area contributed by atoms with E-state index in [9.17, 15) is 19.2 Å². The molecule has 5 atom stereocenters. The minimum atomic E-state index is -1.36. The molecule has 148 valence electrons. The van der Waals surface area contributed by atoms with Crippen molar-refractivity contribution in [1.82, 2.24) is 11.0 Å². The first-order valence-corrected chi connectivity index (χ1v) is 7.60. The summed E-state index contributed by atoms with van der Waals surface area (Å²) in [6.07, 6.45) is -4.92. The van der Waals surface area contributed by atoms with Gasteiger partial charge >= 0.3 is 17.9 Å². The van der Waals surface area contributed by atoms with Crippen molar-refractivity contribution in [2.45, 2.75) is 58.3 Å². The largest absolute Gasteiger partial charge is 0.463 e. The second-order valence-corrected chi connectivity index (χ2v) is 5.43. The lowest BCUT2D eigenvalue weighted by molar-refractivity contribution is -0.320. The predicted molar refractivity (Wildman–Crippen MR) is 80.0 cm³/mol. The maximum absolute atomic E-state index is 11.5. The third kappa shape index (κ3) is 6.55. The summed E-state index contributed by atoms with van der Waals surface area (Å²) in [5.74, 6) is -2.60. The Morgan fingerprint density at radius 2 is 1.54 bits per heavy atom. The van der Waals surface area contributed by atoms with E-state index in [1.54, 1.807) is 0 Å². The van der Waals surface area contributed by atoms with Crippen LogP contribution in [0.4, 0.5) is 0 Å². The van der Waals surface area contributed by atoms with Gasteiger partial charge in [-0.25, -0.2) is 4.84 Å². The molecule has 0 spiro atoms. The molecule has 1 saturated heterocycles. The van der Waals surface area contributed by atoms with E-state index in [0.29, 0.717) is 0 Å². The fraction of sp³-hybridized carbons (Fsp3) is 0.714. The molecule has 26 heavy (non-hydrogen) atoms. The summed E-state index contributed by atoms with van der Waals surface area (Å²) in [5.41, 5.74) is 1.42. The molecule has 1 rings (SSSR count). The zero-order valence-corrected chi connectivity index (χ0v) is 14.7. The fourth-order valence-electron chi connectivity index (χ4n) is 2.44. The molecule has 12 nitrogen and oxygen atoms in total. The topological polar surface area (TPSA) is 159 Å². The van der Waals surface area contributed by atoms with Crippen LogP contribution in [0.3, 0.4) is 0 Å². The number of nitrogens with one attached hydrogen (secondary N) is 2. The molecular formula is C14H22N2O10. The van der Waals surface area contributed by atoms with Gasteiger partial charge < -0.3 is 24.3 Å². The predicted octanol–water partition coefficient (Wildman–Crippen LogP) is -1.45. The maximum Gasteiger partial charge on any atom is 0.303 e. The molecule has 0 aliphatic carbocycles. The summed E-state index contributed by atoms with van der Waals surface area (Å²) in [6, 6.07) is -1.14. The van der Waals surface area contributed by atoms with Crippen molar-refractivity contribution in [2.75, 3.05) is 6.61 Å². The Balaban J connectivity index is 3.22. The first-order valence-electron chi connectivity index (χ1n) is 7.60. The summed E-state index contributed by atoms with van der Waals surface area (Å²) in [4.78, 5) is 50.3. The number of esters is 3. The van der Waals surface area contributed by atoms with E-state index >= 15 is 0 Å². The molecule has 5 unspecified atom stereocenters. The minimum Gasteiger partial charge on any atom is -0.463 e. The van der Waals surface area contributed by atoms with Crippen LogP contribution in [0.1, 0.15) is 27.7 Å². The highest BCUT2D eigenvalue weighted by atomic mass is 16.9. The lowest BCUT2D eigenvalue weighted by Crippen LogP contribution is -2.67. The Hall–Kier alpha value is -2.28. The van der Waals surface area contributed by atoms with E-state index in [1.165, 1.54) is 12.6 Å². The van der Waals surface area contributed by atoms with Gasteiger partial charge in [0.1, 0.15) is 18.8 Å². The van der Waals surface area contributed by atoms with E-state index in [4.69, 9.17) is 29.0 Å². The van der Waals surface area contributed by atoms with Gasteiger partial charge in [0.15, 0.2) is 12.2 Å². The van der Waals surface area contributed by atoms with Crippen molar-refractivity contribution in [3.8, 4) is 0 Å². The Kier molecular flexibility index (Phi) is 8.38. The van der Waals surface area contributed by atoms with Crippen LogP contribution in [0.5, 0.6) is 0 Å². The monoisotopic (exact) mass is 378 g/mol. The Morgan fingerprint density at radius 3 is 2.00 bits per heavy atom. The van der Waals surface area contributed by atoms with Crippen LogP contribution in [0, 0.1) is 0 Å². The Morgan fingerprint density at radius 1 is 0.962 bits per heavy atom. The molecule has 1 heterocycles. The molecule has 0 aromatic rings. The average molecular weight is 378 g/mol. The standard InChI is InChI=1S/C14H22N2O10/c1-6(17)15-11-13(24-9(4)20)12(23-8(3)19)10(5-22-7(2)18)25-14(11)26-16-21/h10-14,16,21H,5H2,1-4H3,(H,15,17). The zero-order valence-electron chi connectivity index (χ0n) is 14.7. The molecule has 0 saturated carbocycles. The van der Waals surface area contributed by atoms with Crippen LogP contribution in [0.15, 0.2) is 0 Å². The van der Waals surface area contributed by atoms with Crippen molar-refractivity contribution in [3.63, 3.8) is 0 Å². The molecule has 0 bridgehead atoms. The lowest BCUT2D eigenvalue weighted by Gasteiger charge is -2.44. The number of carbonyl (C=O) groups excluding carboxylic acids is 4. The van der Waals surface area contributed by atoms with Crippen molar-refractivity contribution in [2.24, 2.45) is 0 Å². The van der Waals surface area contributed by atoms with Crippen LogP contribution in [-0.4, -0.2) is 66.3 Å². The number of rotatable bonds is 7. The van der Waals surface area contributed by atoms with E-state index in [1.807, 2.05) is 0 Å². The number of hydrogen-bond donors (Lipinski definition) is 3. The SMILES string of the molecule is CC(=O)NC1C(ONO)OC(COC(C)=O)C(OC(C)=O)C1OC(C)=O. The van der Waals surface area contributed by atoms with Gasteiger partial charge in [0.05, 0.1) is 0 Å². The van der Waals surface area contributed by atoms with Crippen LogP contribution < -0.4 is 11.0 Å². The molecule has 1 fully saturated rings. The lowest BCUT2D eigenvalue weighted by atomic mass is 9.96. The highest BCUT2D eigenvalue weighted by Gasteiger charge is 2.51. The number of ether oxygens (including phenoxy) is 4. The quantitative estimate of drug-likeness (QED) is 0.270. The fourth-order valence-corrected chi connectivity index (χ4v) is 2.44. The molecule has 0 aromatic carbocycles. The maximum atomic E-state index is 11.5. The van der Waals surface area contributed by atoms with Gasteiger partial charge in [-0.05, 0) is 0 Å². The van der Waals surface area contributed by atoms with Gasteiger partial charge in [-0.2, -0.15) is 0 Å². The van der Waals surface area contributed by atoms with Crippen molar-refractivity contribution >= 4 is 23.8 Å². The Labute approximate surface area is 148 Å². The number of carbonyl (C=O) groups is 4. The highest BCUT2D eigenvalue weighted by Crippen LogP contribution is 2.27.